The van der Waals surface area contributed by atoms with E-state index in [4.69, 9.17) is 4.74 Å². The monoisotopic (exact) mass is 300 g/mol. The van der Waals surface area contributed by atoms with Crippen LogP contribution in [0.1, 0.15) is 24.3 Å². The van der Waals surface area contributed by atoms with Crippen molar-refractivity contribution < 1.29 is 9.53 Å². The zero-order valence-corrected chi connectivity index (χ0v) is 13.0. The molecule has 116 valence electrons. The van der Waals surface area contributed by atoms with E-state index in [1.165, 1.54) is 0 Å². The molecule has 1 heterocycles. The second-order valence-electron chi connectivity index (χ2n) is 4.63. The molecule has 0 saturated carbocycles. The van der Waals surface area contributed by atoms with Crippen molar-refractivity contribution in [3.63, 3.8) is 0 Å². The number of hydrogen-bond donors (Lipinski definition) is 1. The van der Waals surface area contributed by atoms with Crippen LogP contribution < -0.4 is 10.1 Å². The van der Waals surface area contributed by atoms with E-state index in [2.05, 4.69) is 15.5 Å². The molecule has 0 bridgehead atoms. The van der Waals surface area contributed by atoms with Gasteiger partial charge in [-0.15, -0.1) is 10.2 Å². The first-order valence-electron chi connectivity index (χ1n) is 7.22. The third-order valence-corrected chi connectivity index (χ3v) is 3.30. The average Bonchev–Trinajstić information content (AvgIpc) is 2.57. The van der Waals surface area contributed by atoms with E-state index < -0.39 is 0 Å². The molecule has 1 amide bonds. The molecular weight excluding hydrogens is 280 g/mol. The molecule has 0 aliphatic rings. The summed E-state index contributed by atoms with van der Waals surface area (Å²) >= 11 is 0. The van der Waals surface area contributed by atoms with Gasteiger partial charge in [0.1, 0.15) is 5.75 Å². The fraction of sp³-hybridized carbons (Fsp3) is 0.312. The molecule has 0 saturated heterocycles. The van der Waals surface area contributed by atoms with Crippen molar-refractivity contribution in [3.05, 3.63) is 42.1 Å². The molecule has 6 nitrogen and oxygen atoms in total. The van der Waals surface area contributed by atoms with Gasteiger partial charge in [-0.3, -0.25) is 4.79 Å². The number of carbonyl (C=O) groups excluding carboxylic acids is 1. The van der Waals surface area contributed by atoms with Crippen LogP contribution in [-0.4, -0.2) is 41.2 Å². The van der Waals surface area contributed by atoms with Crippen molar-refractivity contribution in [2.45, 2.75) is 13.8 Å². The van der Waals surface area contributed by atoms with E-state index in [-0.39, 0.29) is 5.91 Å². The fourth-order valence-electron chi connectivity index (χ4n) is 2.01. The maximum Gasteiger partial charge on any atom is 0.274 e. The first-order valence-corrected chi connectivity index (χ1v) is 7.22. The lowest BCUT2D eigenvalue weighted by molar-refractivity contribution is 0.0766. The van der Waals surface area contributed by atoms with E-state index in [1.54, 1.807) is 24.1 Å². The van der Waals surface area contributed by atoms with Gasteiger partial charge in [0.25, 0.3) is 5.91 Å². The molecule has 6 heteroatoms. The summed E-state index contributed by atoms with van der Waals surface area (Å²) in [6, 6.07) is 10.9. The fourth-order valence-corrected chi connectivity index (χ4v) is 2.01. The summed E-state index contributed by atoms with van der Waals surface area (Å²) in [7, 11) is 1.62. The van der Waals surface area contributed by atoms with Crippen LogP contribution in [-0.2, 0) is 0 Å². The minimum atomic E-state index is -0.103. The van der Waals surface area contributed by atoms with Gasteiger partial charge in [-0.1, -0.05) is 0 Å². The predicted octanol–water partition coefficient (Wildman–Crippen LogP) is 2.71. The molecule has 1 aromatic heterocycles. The molecule has 0 fully saturated rings. The highest BCUT2D eigenvalue weighted by Gasteiger charge is 2.14. The van der Waals surface area contributed by atoms with E-state index in [1.807, 2.05) is 38.1 Å². The highest BCUT2D eigenvalue weighted by atomic mass is 16.5. The molecule has 0 spiro atoms. The maximum absolute atomic E-state index is 12.1. The third kappa shape index (κ3) is 3.72. The van der Waals surface area contributed by atoms with Crippen molar-refractivity contribution in [2.24, 2.45) is 0 Å². The number of methoxy groups -OCH3 is 1. The summed E-state index contributed by atoms with van der Waals surface area (Å²) in [4.78, 5) is 13.8. The summed E-state index contributed by atoms with van der Waals surface area (Å²) in [5, 5.41) is 11.2. The van der Waals surface area contributed by atoms with Gasteiger partial charge in [0.2, 0.25) is 0 Å². The van der Waals surface area contributed by atoms with Crippen LogP contribution in [0.2, 0.25) is 0 Å². The van der Waals surface area contributed by atoms with Gasteiger partial charge in [0.15, 0.2) is 11.5 Å². The quantitative estimate of drug-likeness (QED) is 0.888. The number of benzene rings is 1. The molecule has 1 aromatic carbocycles. The van der Waals surface area contributed by atoms with E-state index in [0.29, 0.717) is 24.6 Å². The van der Waals surface area contributed by atoms with Crippen molar-refractivity contribution >= 4 is 17.4 Å². The third-order valence-electron chi connectivity index (χ3n) is 3.30. The zero-order chi connectivity index (χ0) is 15.9. The number of nitrogens with one attached hydrogen (secondary N) is 1. The molecule has 0 unspecified atom stereocenters. The van der Waals surface area contributed by atoms with E-state index in [9.17, 15) is 4.79 Å². The minimum Gasteiger partial charge on any atom is -0.497 e. The van der Waals surface area contributed by atoms with Crippen LogP contribution in [0.4, 0.5) is 11.5 Å². The van der Waals surface area contributed by atoms with E-state index in [0.717, 1.165) is 11.4 Å². The van der Waals surface area contributed by atoms with Gasteiger partial charge in [0.05, 0.1) is 7.11 Å². The highest BCUT2D eigenvalue weighted by Crippen LogP contribution is 2.18. The van der Waals surface area contributed by atoms with Crippen molar-refractivity contribution in [1.29, 1.82) is 0 Å². The molecule has 2 rings (SSSR count). The Balaban J connectivity index is 2.06. The molecule has 0 atom stereocenters. The number of nitrogens with zero attached hydrogens (tertiary/aromatic N) is 3. The van der Waals surface area contributed by atoms with Crippen LogP contribution in [0.25, 0.3) is 0 Å². The van der Waals surface area contributed by atoms with Crippen molar-refractivity contribution in [1.82, 2.24) is 15.1 Å². The van der Waals surface area contributed by atoms with Crippen LogP contribution in [0.5, 0.6) is 5.75 Å². The number of carbonyl (C=O) groups is 1. The average molecular weight is 300 g/mol. The molecule has 0 aliphatic heterocycles. The Hall–Kier alpha value is -2.63. The summed E-state index contributed by atoms with van der Waals surface area (Å²) < 4.78 is 5.11. The zero-order valence-electron chi connectivity index (χ0n) is 13.0. The highest BCUT2D eigenvalue weighted by molar-refractivity contribution is 5.92. The van der Waals surface area contributed by atoms with Gasteiger partial charge < -0.3 is 15.0 Å². The lowest BCUT2D eigenvalue weighted by Gasteiger charge is -2.17. The second-order valence-corrected chi connectivity index (χ2v) is 4.63. The normalized spacial score (nSPS) is 10.1. The maximum atomic E-state index is 12.1. The lowest BCUT2D eigenvalue weighted by Crippen LogP contribution is -2.31. The predicted molar refractivity (Wildman–Crippen MR) is 85.6 cm³/mol. The Morgan fingerprint density at radius 1 is 1.09 bits per heavy atom. The smallest absolute Gasteiger partial charge is 0.274 e. The number of amides is 1. The molecule has 2 aromatic rings. The number of aromatic nitrogens is 2. The minimum absolute atomic E-state index is 0.103. The topological polar surface area (TPSA) is 67.4 Å². The van der Waals surface area contributed by atoms with Crippen LogP contribution >= 0.6 is 0 Å². The summed E-state index contributed by atoms with van der Waals surface area (Å²) in [5.74, 6) is 1.27. The summed E-state index contributed by atoms with van der Waals surface area (Å²) in [5.41, 5.74) is 1.22. The summed E-state index contributed by atoms with van der Waals surface area (Å²) in [6.07, 6.45) is 0. The first-order chi connectivity index (χ1) is 10.7. The lowest BCUT2D eigenvalue weighted by atomic mass is 10.3. The molecular formula is C16H20N4O2. The van der Waals surface area contributed by atoms with Gasteiger partial charge in [-0.05, 0) is 50.2 Å². The Labute approximate surface area is 130 Å². The van der Waals surface area contributed by atoms with Gasteiger partial charge in [-0.25, -0.2) is 0 Å². The Morgan fingerprint density at radius 3 is 2.27 bits per heavy atom. The number of hydrogen-bond acceptors (Lipinski definition) is 5. The molecule has 1 N–H and O–H groups in total. The number of rotatable bonds is 6. The first kappa shape index (κ1) is 15.8. The van der Waals surface area contributed by atoms with Crippen LogP contribution in [0.3, 0.4) is 0 Å². The van der Waals surface area contributed by atoms with Gasteiger partial charge in [-0.2, -0.15) is 0 Å². The second kappa shape index (κ2) is 7.40. The number of ether oxygens (including phenoxy) is 1. The molecule has 0 aliphatic carbocycles. The van der Waals surface area contributed by atoms with Crippen LogP contribution in [0.15, 0.2) is 36.4 Å². The van der Waals surface area contributed by atoms with E-state index >= 15 is 0 Å². The Bertz CT molecular complexity index is 607. The largest absolute Gasteiger partial charge is 0.497 e. The number of anilines is 2. The molecule has 0 radical (unpaired) electrons. The van der Waals surface area contributed by atoms with Crippen LogP contribution in [0, 0.1) is 0 Å². The van der Waals surface area contributed by atoms with Gasteiger partial charge in [0, 0.05) is 18.8 Å². The summed E-state index contributed by atoms with van der Waals surface area (Å²) in [6.45, 7) is 5.19. The van der Waals surface area contributed by atoms with Crippen molar-refractivity contribution in [3.8, 4) is 5.75 Å². The standard InChI is InChI=1S/C16H20N4O2/c1-4-20(5-2)16(21)14-10-11-15(19-18-14)17-12-6-8-13(22-3)9-7-12/h6-11H,4-5H2,1-3H3,(H,17,19). The van der Waals surface area contributed by atoms with Gasteiger partial charge >= 0.3 is 0 Å². The Morgan fingerprint density at radius 2 is 1.77 bits per heavy atom. The molecule has 22 heavy (non-hydrogen) atoms. The van der Waals surface area contributed by atoms with Crippen molar-refractivity contribution in [2.75, 3.05) is 25.5 Å². The Kier molecular flexibility index (Phi) is 5.30. The SMILES string of the molecule is CCN(CC)C(=O)c1ccc(Nc2ccc(OC)cc2)nn1.